The number of pyridine rings is 1. The first-order valence-corrected chi connectivity index (χ1v) is 6.66. The summed E-state index contributed by atoms with van der Waals surface area (Å²) >= 11 is 3.25. The van der Waals surface area contributed by atoms with Crippen LogP contribution in [0.25, 0.3) is 0 Å². The second-order valence-corrected chi connectivity index (χ2v) is 6.73. The van der Waals surface area contributed by atoms with Crippen molar-refractivity contribution in [1.29, 1.82) is 0 Å². The minimum absolute atomic E-state index is 0.186. The molecule has 0 amide bonds. The van der Waals surface area contributed by atoms with Crippen molar-refractivity contribution in [3.8, 4) is 0 Å². The highest BCUT2D eigenvalue weighted by Crippen LogP contribution is 2.19. The van der Waals surface area contributed by atoms with Gasteiger partial charge in [-0.15, -0.1) is 0 Å². The monoisotopic (exact) mass is 305 g/mol. The summed E-state index contributed by atoms with van der Waals surface area (Å²) in [6.07, 6.45) is 3.20. The van der Waals surface area contributed by atoms with E-state index in [-0.39, 0.29) is 5.75 Å². The normalized spacial score (nSPS) is 13.4. The van der Waals surface area contributed by atoms with Gasteiger partial charge in [0.2, 0.25) is 0 Å². The van der Waals surface area contributed by atoms with Gasteiger partial charge < -0.3 is 5.11 Å². The van der Waals surface area contributed by atoms with Gasteiger partial charge in [0, 0.05) is 27.7 Å². The van der Waals surface area contributed by atoms with Crippen molar-refractivity contribution in [2.45, 2.75) is 24.3 Å². The van der Waals surface area contributed by atoms with Crippen molar-refractivity contribution < 1.29 is 14.1 Å². The summed E-state index contributed by atoms with van der Waals surface area (Å²) in [5, 5.41) is 8.93. The molecule has 1 heterocycles. The van der Waals surface area contributed by atoms with E-state index in [0.717, 1.165) is 10.0 Å². The van der Waals surface area contributed by atoms with Gasteiger partial charge in [0.1, 0.15) is 4.75 Å². The van der Waals surface area contributed by atoms with E-state index in [0.29, 0.717) is 0 Å². The third-order valence-corrected chi connectivity index (χ3v) is 4.49. The molecular formula is C10H12BrNO3S. The second kappa shape index (κ2) is 5.05. The van der Waals surface area contributed by atoms with Crippen LogP contribution in [0.5, 0.6) is 0 Å². The average molecular weight is 306 g/mol. The van der Waals surface area contributed by atoms with Crippen molar-refractivity contribution in [3.63, 3.8) is 0 Å². The number of hydrogen-bond donors (Lipinski definition) is 1. The van der Waals surface area contributed by atoms with E-state index in [4.69, 9.17) is 5.11 Å². The Bertz CT molecular complexity index is 434. The molecule has 0 radical (unpaired) electrons. The van der Waals surface area contributed by atoms with Crippen molar-refractivity contribution in [2.24, 2.45) is 0 Å². The van der Waals surface area contributed by atoms with Gasteiger partial charge in [-0.2, -0.15) is 0 Å². The SMILES string of the molecule is CC(C)(C(=O)O)S(=O)Cc1cncc(Br)c1. The Labute approximate surface area is 105 Å². The molecule has 1 aromatic rings. The van der Waals surface area contributed by atoms with Crippen LogP contribution in [0.2, 0.25) is 0 Å². The van der Waals surface area contributed by atoms with E-state index in [9.17, 15) is 9.00 Å². The number of carbonyl (C=O) groups is 1. The van der Waals surface area contributed by atoms with E-state index in [2.05, 4.69) is 20.9 Å². The Balaban J connectivity index is 2.83. The van der Waals surface area contributed by atoms with Crippen molar-refractivity contribution in [3.05, 3.63) is 28.5 Å². The summed E-state index contributed by atoms with van der Waals surface area (Å²) < 4.78 is 11.4. The summed E-state index contributed by atoms with van der Waals surface area (Å²) in [7, 11) is -1.48. The fourth-order valence-electron chi connectivity index (χ4n) is 0.964. The Kier molecular flexibility index (Phi) is 4.21. The highest BCUT2D eigenvalue weighted by molar-refractivity contribution is 9.10. The Morgan fingerprint density at radius 1 is 1.56 bits per heavy atom. The lowest BCUT2D eigenvalue weighted by Crippen LogP contribution is -2.37. The van der Waals surface area contributed by atoms with Gasteiger partial charge in [-0.3, -0.25) is 14.0 Å². The van der Waals surface area contributed by atoms with Crippen LogP contribution in [0.1, 0.15) is 19.4 Å². The minimum atomic E-state index is -1.48. The molecule has 0 aliphatic heterocycles. The molecule has 88 valence electrons. The highest BCUT2D eigenvalue weighted by atomic mass is 79.9. The topological polar surface area (TPSA) is 67.3 Å². The van der Waals surface area contributed by atoms with Crippen LogP contribution in [0, 0.1) is 0 Å². The molecule has 1 unspecified atom stereocenters. The number of nitrogens with zero attached hydrogens (tertiary/aromatic N) is 1. The van der Waals surface area contributed by atoms with Crippen LogP contribution in [0.3, 0.4) is 0 Å². The van der Waals surface area contributed by atoms with Crippen molar-refractivity contribution in [1.82, 2.24) is 4.98 Å². The molecule has 6 heteroatoms. The van der Waals surface area contributed by atoms with Crippen LogP contribution in [-0.4, -0.2) is 25.0 Å². The molecule has 0 bridgehead atoms. The maximum absolute atomic E-state index is 11.9. The van der Waals surface area contributed by atoms with E-state index in [1.165, 1.54) is 13.8 Å². The van der Waals surface area contributed by atoms with E-state index in [1.54, 1.807) is 18.5 Å². The van der Waals surface area contributed by atoms with Crippen LogP contribution in [0.15, 0.2) is 22.9 Å². The maximum Gasteiger partial charge on any atom is 0.321 e. The Hall–Kier alpha value is -0.750. The quantitative estimate of drug-likeness (QED) is 0.923. The molecular weight excluding hydrogens is 294 g/mol. The van der Waals surface area contributed by atoms with Gasteiger partial charge in [0.05, 0.1) is 5.75 Å². The summed E-state index contributed by atoms with van der Waals surface area (Å²) in [5.41, 5.74) is 0.752. The Morgan fingerprint density at radius 2 is 2.19 bits per heavy atom. The standard InChI is InChI=1S/C10H12BrNO3S/c1-10(2,9(13)14)16(15)6-7-3-8(11)5-12-4-7/h3-5H,6H2,1-2H3,(H,13,14). The molecule has 0 saturated carbocycles. The molecule has 0 spiro atoms. The number of halogens is 1. The molecule has 16 heavy (non-hydrogen) atoms. The van der Waals surface area contributed by atoms with Gasteiger partial charge in [-0.05, 0) is 41.4 Å². The van der Waals surface area contributed by atoms with Gasteiger partial charge in [0.25, 0.3) is 0 Å². The lowest BCUT2D eigenvalue weighted by molar-refractivity contribution is -0.139. The number of aliphatic carboxylic acids is 1. The van der Waals surface area contributed by atoms with Gasteiger partial charge in [-0.1, -0.05) is 0 Å². The molecule has 0 aliphatic carbocycles. The number of carboxylic acids is 1. The summed E-state index contributed by atoms with van der Waals surface area (Å²) in [5.74, 6) is -0.875. The molecule has 1 N–H and O–H groups in total. The van der Waals surface area contributed by atoms with Crippen molar-refractivity contribution >= 4 is 32.7 Å². The predicted octanol–water partition coefficient (Wildman–Crippen LogP) is 1.96. The Morgan fingerprint density at radius 3 is 2.69 bits per heavy atom. The van der Waals surface area contributed by atoms with Crippen LogP contribution in [-0.2, 0) is 21.3 Å². The molecule has 0 fully saturated rings. The third kappa shape index (κ3) is 3.12. The molecule has 0 aliphatic rings. The smallest absolute Gasteiger partial charge is 0.321 e. The van der Waals surface area contributed by atoms with E-state index < -0.39 is 21.5 Å². The van der Waals surface area contributed by atoms with Crippen molar-refractivity contribution in [2.75, 3.05) is 0 Å². The molecule has 0 aromatic carbocycles. The minimum Gasteiger partial charge on any atom is -0.480 e. The number of rotatable bonds is 4. The maximum atomic E-state index is 11.9. The summed E-state index contributed by atoms with van der Waals surface area (Å²) in [6.45, 7) is 2.91. The summed E-state index contributed by atoms with van der Waals surface area (Å²) in [6, 6.07) is 1.78. The zero-order chi connectivity index (χ0) is 12.3. The fraction of sp³-hybridized carbons (Fsp3) is 0.400. The van der Waals surface area contributed by atoms with Gasteiger partial charge >= 0.3 is 5.97 Å². The van der Waals surface area contributed by atoms with E-state index >= 15 is 0 Å². The molecule has 1 aromatic heterocycles. The van der Waals surface area contributed by atoms with Crippen LogP contribution >= 0.6 is 15.9 Å². The van der Waals surface area contributed by atoms with Crippen LogP contribution in [0.4, 0.5) is 0 Å². The summed E-state index contributed by atoms with van der Waals surface area (Å²) in [4.78, 5) is 14.8. The first kappa shape index (κ1) is 13.3. The largest absolute Gasteiger partial charge is 0.480 e. The lowest BCUT2D eigenvalue weighted by Gasteiger charge is -2.18. The molecule has 1 atom stereocenters. The lowest BCUT2D eigenvalue weighted by atomic mass is 10.2. The predicted molar refractivity (Wildman–Crippen MR) is 65.5 cm³/mol. The fourth-order valence-corrected chi connectivity index (χ4v) is 2.39. The van der Waals surface area contributed by atoms with Gasteiger partial charge in [-0.25, -0.2) is 0 Å². The molecule has 1 rings (SSSR count). The van der Waals surface area contributed by atoms with E-state index in [1.807, 2.05) is 0 Å². The van der Waals surface area contributed by atoms with Crippen LogP contribution < -0.4 is 0 Å². The number of hydrogen-bond acceptors (Lipinski definition) is 3. The second-order valence-electron chi connectivity index (χ2n) is 3.82. The number of aromatic nitrogens is 1. The molecule has 0 saturated heterocycles. The highest BCUT2D eigenvalue weighted by Gasteiger charge is 2.34. The third-order valence-electron chi connectivity index (χ3n) is 2.14. The zero-order valence-electron chi connectivity index (χ0n) is 8.94. The number of carboxylic acid groups (broad SMARTS) is 1. The first-order chi connectivity index (χ1) is 7.34. The molecule has 4 nitrogen and oxygen atoms in total. The van der Waals surface area contributed by atoms with Gasteiger partial charge in [0.15, 0.2) is 0 Å². The average Bonchev–Trinajstić information content (AvgIpc) is 2.17. The zero-order valence-corrected chi connectivity index (χ0v) is 11.3. The first-order valence-electron chi connectivity index (χ1n) is 4.55.